The lowest BCUT2D eigenvalue weighted by Gasteiger charge is -2.26. The van der Waals surface area contributed by atoms with E-state index in [9.17, 15) is 14.7 Å². The molecule has 0 saturated carbocycles. The zero-order valence-corrected chi connectivity index (χ0v) is 17.1. The van der Waals surface area contributed by atoms with Crippen molar-refractivity contribution in [3.8, 4) is 0 Å². The molecule has 0 radical (unpaired) electrons. The van der Waals surface area contributed by atoms with Crippen LogP contribution < -0.4 is 5.32 Å². The van der Waals surface area contributed by atoms with Gasteiger partial charge >= 0.3 is 12.1 Å². The van der Waals surface area contributed by atoms with Crippen LogP contribution in [-0.2, 0) is 16.1 Å². The van der Waals surface area contributed by atoms with Gasteiger partial charge in [-0.15, -0.1) is 0 Å². The van der Waals surface area contributed by atoms with Gasteiger partial charge in [0.25, 0.3) is 0 Å². The largest absolute Gasteiger partial charge is 0.480 e. The highest BCUT2D eigenvalue weighted by atomic mass is 35.5. The lowest BCUT2D eigenvalue weighted by Crippen LogP contribution is -2.31. The molecule has 1 aromatic heterocycles. The average molecular weight is 416 g/mol. The van der Waals surface area contributed by atoms with E-state index in [2.05, 4.69) is 10.4 Å². The first-order chi connectivity index (χ1) is 13.6. The summed E-state index contributed by atoms with van der Waals surface area (Å²) in [5, 5.41) is 17.5. The molecule has 7 nitrogen and oxygen atoms in total. The van der Waals surface area contributed by atoms with Gasteiger partial charge in [-0.2, -0.15) is 5.10 Å². The minimum Gasteiger partial charge on any atom is -0.480 e. The number of aromatic nitrogens is 2. The van der Waals surface area contributed by atoms with Crippen LogP contribution in [0.3, 0.4) is 0 Å². The highest BCUT2D eigenvalue weighted by Crippen LogP contribution is 2.33. The van der Waals surface area contributed by atoms with Crippen LogP contribution in [0.15, 0.2) is 48.7 Å². The number of aliphatic carboxylic acids is 1. The van der Waals surface area contributed by atoms with Gasteiger partial charge in [-0.3, -0.25) is 10.00 Å². The molecule has 0 saturated heterocycles. The van der Waals surface area contributed by atoms with Crippen molar-refractivity contribution in [1.29, 1.82) is 0 Å². The van der Waals surface area contributed by atoms with Crippen molar-refractivity contribution in [3.63, 3.8) is 0 Å². The lowest BCUT2D eigenvalue weighted by atomic mass is 9.87. The quantitative estimate of drug-likeness (QED) is 0.603. The highest BCUT2D eigenvalue weighted by molar-refractivity contribution is 6.34. The summed E-state index contributed by atoms with van der Waals surface area (Å²) in [7, 11) is 0. The molecule has 3 rings (SSSR count). The fourth-order valence-corrected chi connectivity index (χ4v) is 3.25. The SMILES string of the molecule is CC(C)(C)C(C(=O)O)n1cc2cc(NC(=O)OCc3ccccc3)c(Cl)cc2n1. The molecule has 0 spiro atoms. The summed E-state index contributed by atoms with van der Waals surface area (Å²) in [6.07, 6.45) is 0.997. The maximum absolute atomic E-state index is 12.1. The molecule has 1 atom stereocenters. The van der Waals surface area contributed by atoms with Crippen LogP contribution >= 0.6 is 11.6 Å². The molecule has 8 heteroatoms. The average Bonchev–Trinajstić information content (AvgIpc) is 3.01. The molecule has 2 aromatic carbocycles. The maximum Gasteiger partial charge on any atom is 0.412 e. The van der Waals surface area contributed by atoms with Crippen LogP contribution in [0.1, 0.15) is 32.4 Å². The number of hydrogen-bond acceptors (Lipinski definition) is 4. The second kappa shape index (κ2) is 8.13. The first-order valence-corrected chi connectivity index (χ1v) is 9.42. The van der Waals surface area contributed by atoms with Crippen molar-refractivity contribution in [2.45, 2.75) is 33.4 Å². The Bertz CT molecular complexity index is 1040. The van der Waals surface area contributed by atoms with E-state index in [1.165, 1.54) is 4.68 Å². The number of hydrogen-bond donors (Lipinski definition) is 2. The number of carbonyl (C=O) groups is 2. The summed E-state index contributed by atoms with van der Waals surface area (Å²) in [5.41, 5.74) is 1.22. The third kappa shape index (κ3) is 4.86. The molecular weight excluding hydrogens is 394 g/mol. The predicted octanol–water partition coefficient (Wildman–Crippen LogP) is 5.11. The number of rotatable bonds is 5. The first kappa shape index (κ1) is 20.7. The van der Waals surface area contributed by atoms with E-state index in [4.69, 9.17) is 16.3 Å². The fourth-order valence-electron chi connectivity index (χ4n) is 3.04. The number of nitrogens with zero attached hydrogens (tertiary/aromatic N) is 2. The summed E-state index contributed by atoms with van der Waals surface area (Å²) in [5.74, 6) is -0.973. The molecule has 2 N–H and O–H groups in total. The third-order valence-corrected chi connectivity index (χ3v) is 4.69. The second-order valence-electron chi connectivity index (χ2n) is 7.79. The van der Waals surface area contributed by atoms with Gasteiger partial charge in [-0.05, 0) is 23.1 Å². The molecular formula is C21H22ClN3O4. The predicted molar refractivity (Wildman–Crippen MR) is 111 cm³/mol. The summed E-state index contributed by atoms with van der Waals surface area (Å²) < 4.78 is 6.63. The van der Waals surface area contributed by atoms with Crippen LogP contribution in [0.2, 0.25) is 5.02 Å². The Hall–Kier alpha value is -3.06. The topological polar surface area (TPSA) is 93.5 Å². The molecule has 0 aliphatic heterocycles. The van der Waals surface area contributed by atoms with Crippen LogP contribution in [0.5, 0.6) is 0 Å². The van der Waals surface area contributed by atoms with Gasteiger partial charge < -0.3 is 9.84 Å². The van der Waals surface area contributed by atoms with Gasteiger partial charge in [-0.1, -0.05) is 62.7 Å². The smallest absolute Gasteiger partial charge is 0.412 e. The van der Waals surface area contributed by atoms with Gasteiger partial charge in [0.15, 0.2) is 6.04 Å². The molecule has 0 aliphatic rings. The highest BCUT2D eigenvalue weighted by Gasteiger charge is 2.33. The first-order valence-electron chi connectivity index (χ1n) is 9.04. The number of nitrogens with one attached hydrogen (secondary N) is 1. The molecule has 0 bridgehead atoms. The van der Waals surface area contributed by atoms with Crippen LogP contribution in [-0.4, -0.2) is 26.9 Å². The van der Waals surface area contributed by atoms with E-state index in [0.717, 1.165) is 5.56 Å². The van der Waals surface area contributed by atoms with E-state index >= 15 is 0 Å². The second-order valence-corrected chi connectivity index (χ2v) is 8.20. The molecule has 1 amide bonds. The maximum atomic E-state index is 12.1. The number of carboxylic acid groups (broad SMARTS) is 1. The van der Waals surface area contributed by atoms with E-state index in [-0.39, 0.29) is 11.6 Å². The zero-order chi connectivity index (χ0) is 21.2. The number of halogens is 1. The monoisotopic (exact) mass is 415 g/mol. The number of carboxylic acids is 1. The molecule has 0 aliphatic carbocycles. The summed E-state index contributed by atoms with van der Waals surface area (Å²) in [6, 6.07) is 11.7. The molecule has 3 aromatic rings. The Kier molecular flexibility index (Phi) is 5.79. The minimum atomic E-state index is -0.973. The molecule has 0 fully saturated rings. The number of amides is 1. The number of fused-ring (bicyclic) bond motifs is 1. The normalized spacial score (nSPS) is 12.6. The van der Waals surface area contributed by atoms with E-state index in [1.54, 1.807) is 18.3 Å². The minimum absolute atomic E-state index is 0.135. The number of anilines is 1. The van der Waals surface area contributed by atoms with E-state index in [0.29, 0.717) is 16.6 Å². The van der Waals surface area contributed by atoms with Crippen molar-refractivity contribution in [2.24, 2.45) is 5.41 Å². The Labute approximate surface area is 173 Å². The standard InChI is InChI=1S/C21H22ClN3O4/c1-21(2,3)18(19(26)27)25-11-14-9-17(15(22)10-16(14)24-25)23-20(28)29-12-13-7-5-4-6-8-13/h4-11,18H,12H2,1-3H3,(H,23,28)(H,26,27). The molecule has 1 unspecified atom stereocenters. The zero-order valence-electron chi connectivity index (χ0n) is 16.3. The van der Waals surface area contributed by atoms with Gasteiger partial charge in [-0.25, -0.2) is 9.59 Å². The van der Waals surface area contributed by atoms with Crippen molar-refractivity contribution >= 4 is 40.3 Å². The summed E-state index contributed by atoms with van der Waals surface area (Å²) >= 11 is 6.27. The number of benzene rings is 2. The van der Waals surface area contributed by atoms with Crippen LogP contribution in [0, 0.1) is 5.41 Å². The van der Waals surface area contributed by atoms with Gasteiger partial charge in [0, 0.05) is 11.6 Å². The summed E-state index contributed by atoms with van der Waals surface area (Å²) in [4.78, 5) is 23.8. The van der Waals surface area contributed by atoms with Crippen molar-refractivity contribution in [3.05, 3.63) is 59.2 Å². The van der Waals surface area contributed by atoms with E-state index < -0.39 is 23.5 Å². The Morgan fingerprint density at radius 1 is 1.24 bits per heavy atom. The van der Waals surface area contributed by atoms with Gasteiger partial charge in [0.1, 0.15) is 6.61 Å². The van der Waals surface area contributed by atoms with E-state index in [1.807, 2.05) is 51.1 Å². The van der Waals surface area contributed by atoms with Gasteiger partial charge in [0.05, 0.1) is 16.2 Å². The van der Waals surface area contributed by atoms with Crippen molar-refractivity contribution in [2.75, 3.05) is 5.32 Å². The fraction of sp³-hybridized carbons (Fsp3) is 0.286. The third-order valence-electron chi connectivity index (χ3n) is 4.38. The Morgan fingerprint density at radius 2 is 1.93 bits per heavy atom. The Morgan fingerprint density at radius 3 is 2.55 bits per heavy atom. The number of ether oxygens (including phenoxy) is 1. The van der Waals surface area contributed by atoms with Crippen LogP contribution in [0.4, 0.5) is 10.5 Å². The van der Waals surface area contributed by atoms with Crippen molar-refractivity contribution < 1.29 is 19.4 Å². The lowest BCUT2D eigenvalue weighted by molar-refractivity contribution is -0.144. The molecule has 152 valence electrons. The van der Waals surface area contributed by atoms with Gasteiger partial charge in [0.2, 0.25) is 0 Å². The van der Waals surface area contributed by atoms with Crippen molar-refractivity contribution in [1.82, 2.24) is 9.78 Å². The number of carbonyl (C=O) groups excluding carboxylic acids is 1. The van der Waals surface area contributed by atoms with Crippen LogP contribution in [0.25, 0.3) is 10.9 Å². The molecule has 29 heavy (non-hydrogen) atoms. The summed E-state index contributed by atoms with van der Waals surface area (Å²) in [6.45, 7) is 5.64. The Balaban J connectivity index is 1.80. The molecule has 1 heterocycles.